The highest BCUT2D eigenvalue weighted by molar-refractivity contribution is 7.89. The molecule has 114 valence electrons. The number of sulfonamides is 1. The van der Waals surface area contributed by atoms with Crippen LogP contribution >= 0.6 is 0 Å². The first-order valence-corrected chi connectivity index (χ1v) is 8.37. The number of benzene rings is 1. The standard InChI is InChI=1S/C15H19NO4S/c1-2-11-16(12-7-3-4-8-12)21(19,20)14-10-6-5-9-13(14)15(17)18/h2,5-6,9-10,12H,1,3-4,7-8,11H2,(H,17,18). The van der Waals surface area contributed by atoms with Gasteiger partial charge in [0.15, 0.2) is 0 Å². The molecule has 0 aliphatic heterocycles. The molecule has 0 unspecified atom stereocenters. The average molecular weight is 309 g/mol. The number of carboxylic acids is 1. The highest BCUT2D eigenvalue weighted by Gasteiger charge is 2.34. The van der Waals surface area contributed by atoms with Crippen LogP contribution in [-0.2, 0) is 10.0 Å². The SMILES string of the molecule is C=CCN(C1CCCC1)S(=O)(=O)c1ccccc1C(=O)O. The van der Waals surface area contributed by atoms with Gasteiger partial charge in [-0.05, 0) is 25.0 Å². The van der Waals surface area contributed by atoms with E-state index in [2.05, 4.69) is 6.58 Å². The van der Waals surface area contributed by atoms with Gasteiger partial charge >= 0.3 is 5.97 Å². The lowest BCUT2D eigenvalue weighted by molar-refractivity contribution is 0.0692. The molecule has 0 heterocycles. The summed E-state index contributed by atoms with van der Waals surface area (Å²) in [4.78, 5) is 11.1. The highest BCUT2D eigenvalue weighted by Crippen LogP contribution is 2.29. The molecule has 1 aromatic carbocycles. The van der Waals surface area contributed by atoms with Crippen molar-refractivity contribution in [2.45, 2.75) is 36.6 Å². The number of nitrogens with zero attached hydrogens (tertiary/aromatic N) is 1. The summed E-state index contributed by atoms with van der Waals surface area (Å²) in [5, 5.41) is 9.20. The van der Waals surface area contributed by atoms with Gasteiger partial charge in [-0.2, -0.15) is 4.31 Å². The van der Waals surface area contributed by atoms with Crippen molar-refractivity contribution in [2.24, 2.45) is 0 Å². The van der Waals surface area contributed by atoms with Crippen LogP contribution in [0.2, 0.25) is 0 Å². The van der Waals surface area contributed by atoms with Crippen LogP contribution in [0.3, 0.4) is 0 Å². The van der Waals surface area contributed by atoms with Crippen molar-refractivity contribution >= 4 is 16.0 Å². The van der Waals surface area contributed by atoms with Gasteiger partial charge in [-0.3, -0.25) is 0 Å². The van der Waals surface area contributed by atoms with E-state index < -0.39 is 16.0 Å². The summed E-state index contributed by atoms with van der Waals surface area (Å²) in [5.41, 5.74) is -0.190. The zero-order chi connectivity index (χ0) is 15.5. The van der Waals surface area contributed by atoms with Crippen molar-refractivity contribution in [1.82, 2.24) is 4.31 Å². The van der Waals surface area contributed by atoms with Gasteiger partial charge in [-0.25, -0.2) is 13.2 Å². The molecule has 5 nitrogen and oxygen atoms in total. The molecule has 0 aromatic heterocycles. The monoisotopic (exact) mass is 309 g/mol. The molecule has 0 amide bonds. The van der Waals surface area contributed by atoms with Crippen LogP contribution in [0.5, 0.6) is 0 Å². The maximum Gasteiger partial charge on any atom is 0.337 e. The van der Waals surface area contributed by atoms with Crippen molar-refractivity contribution in [3.63, 3.8) is 0 Å². The molecular formula is C15H19NO4S. The Hall–Kier alpha value is -1.66. The molecule has 1 aromatic rings. The zero-order valence-electron chi connectivity index (χ0n) is 11.7. The summed E-state index contributed by atoms with van der Waals surface area (Å²) in [6.45, 7) is 3.81. The van der Waals surface area contributed by atoms with E-state index in [-0.39, 0.29) is 23.0 Å². The molecule has 6 heteroatoms. The van der Waals surface area contributed by atoms with Crippen LogP contribution in [0.15, 0.2) is 41.8 Å². The first-order chi connectivity index (χ1) is 9.98. The maximum atomic E-state index is 12.8. The molecule has 2 rings (SSSR count). The fourth-order valence-electron chi connectivity index (χ4n) is 2.76. The summed E-state index contributed by atoms with van der Waals surface area (Å²) in [6, 6.07) is 5.66. The van der Waals surface area contributed by atoms with Gasteiger partial charge in [0.25, 0.3) is 0 Å². The average Bonchev–Trinajstić information content (AvgIpc) is 2.98. The van der Waals surface area contributed by atoms with E-state index in [0.717, 1.165) is 25.7 Å². The number of aromatic carboxylic acids is 1. The predicted molar refractivity (Wildman–Crippen MR) is 79.7 cm³/mol. The fraction of sp³-hybridized carbons (Fsp3) is 0.400. The van der Waals surface area contributed by atoms with Crippen LogP contribution < -0.4 is 0 Å². The first-order valence-electron chi connectivity index (χ1n) is 6.93. The Bertz CT molecular complexity index is 633. The van der Waals surface area contributed by atoms with Gasteiger partial charge in [-0.15, -0.1) is 6.58 Å². The van der Waals surface area contributed by atoms with Crippen LogP contribution in [0.1, 0.15) is 36.0 Å². The minimum atomic E-state index is -3.84. The van der Waals surface area contributed by atoms with Crippen molar-refractivity contribution in [3.05, 3.63) is 42.5 Å². The third-order valence-electron chi connectivity index (χ3n) is 3.75. The van der Waals surface area contributed by atoms with Crippen molar-refractivity contribution in [3.8, 4) is 0 Å². The van der Waals surface area contributed by atoms with Gasteiger partial charge in [0, 0.05) is 12.6 Å². The molecule has 0 spiro atoms. The lowest BCUT2D eigenvalue weighted by atomic mass is 10.2. The first kappa shape index (κ1) is 15.7. The minimum absolute atomic E-state index is 0.0742. The van der Waals surface area contributed by atoms with Crippen molar-refractivity contribution < 1.29 is 18.3 Å². The van der Waals surface area contributed by atoms with E-state index in [9.17, 15) is 18.3 Å². The van der Waals surface area contributed by atoms with E-state index in [1.807, 2.05) is 0 Å². The van der Waals surface area contributed by atoms with E-state index in [4.69, 9.17) is 0 Å². The molecule has 1 fully saturated rings. The number of rotatable bonds is 6. The minimum Gasteiger partial charge on any atom is -0.478 e. The molecule has 0 bridgehead atoms. The van der Waals surface area contributed by atoms with E-state index in [1.165, 1.54) is 22.5 Å². The predicted octanol–water partition coefficient (Wildman–Crippen LogP) is 2.50. The van der Waals surface area contributed by atoms with Crippen LogP contribution in [0.4, 0.5) is 0 Å². The largest absolute Gasteiger partial charge is 0.478 e. The third kappa shape index (κ3) is 3.16. The molecule has 21 heavy (non-hydrogen) atoms. The lowest BCUT2D eigenvalue weighted by Gasteiger charge is -2.27. The van der Waals surface area contributed by atoms with Crippen LogP contribution in [0.25, 0.3) is 0 Å². The lowest BCUT2D eigenvalue weighted by Crippen LogP contribution is -2.39. The third-order valence-corrected chi connectivity index (χ3v) is 5.72. The number of carbonyl (C=O) groups is 1. The molecule has 0 atom stereocenters. The topological polar surface area (TPSA) is 74.7 Å². The second kappa shape index (κ2) is 6.41. The molecule has 0 saturated heterocycles. The number of hydrogen-bond acceptors (Lipinski definition) is 3. The van der Waals surface area contributed by atoms with E-state index >= 15 is 0 Å². The summed E-state index contributed by atoms with van der Waals surface area (Å²) < 4.78 is 27.1. The smallest absolute Gasteiger partial charge is 0.337 e. The van der Waals surface area contributed by atoms with Gasteiger partial charge in [0.2, 0.25) is 10.0 Å². The molecule has 1 saturated carbocycles. The van der Waals surface area contributed by atoms with Gasteiger partial charge in [0.05, 0.1) is 10.5 Å². The summed E-state index contributed by atoms with van der Waals surface area (Å²) in [5.74, 6) is -1.24. The Morgan fingerprint density at radius 2 is 1.95 bits per heavy atom. The Kier molecular flexibility index (Phi) is 4.80. The molecule has 0 radical (unpaired) electrons. The normalized spacial score (nSPS) is 16.2. The zero-order valence-corrected chi connectivity index (χ0v) is 12.6. The van der Waals surface area contributed by atoms with Gasteiger partial charge in [0.1, 0.15) is 0 Å². The van der Waals surface area contributed by atoms with E-state index in [0.29, 0.717) is 0 Å². The molecule has 1 aliphatic carbocycles. The van der Waals surface area contributed by atoms with E-state index in [1.54, 1.807) is 12.1 Å². The van der Waals surface area contributed by atoms with Gasteiger partial charge in [-0.1, -0.05) is 31.1 Å². The molecule has 1 N–H and O–H groups in total. The number of carboxylic acid groups (broad SMARTS) is 1. The second-order valence-corrected chi connectivity index (χ2v) is 6.96. The fourth-order valence-corrected chi connectivity index (χ4v) is 4.60. The van der Waals surface area contributed by atoms with Crippen LogP contribution in [0, 0.1) is 0 Å². The summed E-state index contributed by atoms with van der Waals surface area (Å²) in [6.07, 6.45) is 5.15. The van der Waals surface area contributed by atoms with Crippen molar-refractivity contribution in [1.29, 1.82) is 0 Å². The van der Waals surface area contributed by atoms with Gasteiger partial charge < -0.3 is 5.11 Å². The number of hydrogen-bond donors (Lipinski definition) is 1. The summed E-state index contributed by atoms with van der Waals surface area (Å²) in [7, 11) is -3.84. The highest BCUT2D eigenvalue weighted by atomic mass is 32.2. The Balaban J connectivity index is 2.48. The van der Waals surface area contributed by atoms with Crippen molar-refractivity contribution in [2.75, 3.05) is 6.54 Å². The molecule has 1 aliphatic rings. The second-order valence-electron chi connectivity index (χ2n) is 5.10. The van der Waals surface area contributed by atoms with Crippen LogP contribution in [-0.4, -0.2) is 36.4 Å². The summed E-state index contributed by atoms with van der Waals surface area (Å²) >= 11 is 0. The Morgan fingerprint density at radius 3 is 2.52 bits per heavy atom. The molecular weight excluding hydrogens is 290 g/mol. The maximum absolute atomic E-state index is 12.8. The Labute approximate surface area is 124 Å². The quantitative estimate of drug-likeness (QED) is 0.819. The Morgan fingerprint density at radius 1 is 1.33 bits per heavy atom.